The van der Waals surface area contributed by atoms with Crippen LogP contribution < -0.4 is 4.74 Å². The van der Waals surface area contributed by atoms with E-state index in [9.17, 15) is 0 Å². The fourth-order valence-corrected chi connectivity index (χ4v) is 4.41. The maximum Gasteiger partial charge on any atom is 0.137 e. The van der Waals surface area contributed by atoms with E-state index in [-0.39, 0.29) is 6.10 Å². The molecule has 1 atom stereocenters. The van der Waals surface area contributed by atoms with Crippen molar-refractivity contribution in [2.75, 3.05) is 34.2 Å². The van der Waals surface area contributed by atoms with E-state index in [0.717, 1.165) is 31.8 Å². The highest BCUT2D eigenvalue weighted by Crippen LogP contribution is 2.32. The van der Waals surface area contributed by atoms with E-state index in [1.54, 1.807) is 0 Å². The maximum atomic E-state index is 6.28. The predicted molar refractivity (Wildman–Crippen MR) is 95.8 cm³/mol. The average Bonchev–Trinajstić information content (AvgIpc) is 2.44. The highest BCUT2D eigenvalue weighted by molar-refractivity contribution is 14.1. The van der Waals surface area contributed by atoms with E-state index in [4.69, 9.17) is 4.74 Å². The van der Waals surface area contributed by atoms with Gasteiger partial charge in [0.25, 0.3) is 0 Å². The lowest BCUT2D eigenvalue weighted by Gasteiger charge is -2.22. The average molecular weight is 486 g/mol. The Kier molecular flexibility index (Phi) is 5.74. The van der Waals surface area contributed by atoms with E-state index in [1.165, 1.54) is 12.7 Å². The van der Waals surface area contributed by atoms with Gasteiger partial charge < -0.3 is 9.64 Å². The van der Waals surface area contributed by atoms with Gasteiger partial charge in [0.05, 0.1) is 3.57 Å². The fourth-order valence-electron chi connectivity index (χ4n) is 2.32. The molecular formula is C14H20I2N2O. The van der Waals surface area contributed by atoms with Crippen molar-refractivity contribution in [3.8, 4) is 5.75 Å². The fraction of sp³-hybridized carbons (Fsp3) is 0.571. The minimum atomic E-state index is 0.280. The van der Waals surface area contributed by atoms with Gasteiger partial charge in [0.15, 0.2) is 0 Å². The molecule has 1 unspecified atom stereocenters. The molecule has 0 saturated carbocycles. The molecule has 0 radical (unpaired) electrons. The molecule has 2 rings (SSSR count). The molecule has 0 aromatic heterocycles. The van der Waals surface area contributed by atoms with Crippen LogP contribution in [-0.2, 0) is 6.54 Å². The van der Waals surface area contributed by atoms with E-state index < -0.39 is 0 Å². The van der Waals surface area contributed by atoms with Gasteiger partial charge in [-0.2, -0.15) is 0 Å². The number of fused-ring (bicyclic) bond motifs is 1. The molecule has 3 nitrogen and oxygen atoms in total. The summed E-state index contributed by atoms with van der Waals surface area (Å²) in [5.41, 5.74) is 1.31. The first-order valence-electron chi connectivity index (χ1n) is 6.43. The third-order valence-electron chi connectivity index (χ3n) is 3.22. The zero-order valence-electron chi connectivity index (χ0n) is 11.6. The minimum Gasteiger partial charge on any atom is -0.488 e. The van der Waals surface area contributed by atoms with Crippen molar-refractivity contribution < 1.29 is 4.74 Å². The van der Waals surface area contributed by atoms with Gasteiger partial charge in [-0.05, 0) is 84.9 Å². The smallest absolute Gasteiger partial charge is 0.137 e. The molecule has 5 heteroatoms. The van der Waals surface area contributed by atoms with Gasteiger partial charge in [-0.1, -0.05) is 0 Å². The Morgan fingerprint density at radius 3 is 2.79 bits per heavy atom. The Hall–Kier alpha value is 0.400. The summed E-state index contributed by atoms with van der Waals surface area (Å²) < 4.78 is 8.79. The second-order valence-corrected chi connectivity index (χ2v) is 7.81. The third kappa shape index (κ3) is 4.44. The van der Waals surface area contributed by atoms with Crippen molar-refractivity contribution in [3.63, 3.8) is 0 Å². The van der Waals surface area contributed by atoms with Gasteiger partial charge in [0.2, 0.25) is 0 Å². The molecule has 0 fully saturated rings. The van der Waals surface area contributed by atoms with Crippen LogP contribution in [0.1, 0.15) is 12.0 Å². The zero-order chi connectivity index (χ0) is 14.0. The molecule has 0 saturated heterocycles. The summed E-state index contributed by atoms with van der Waals surface area (Å²) in [4.78, 5) is 4.58. The summed E-state index contributed by atoms with van der Waals surface area (Å²) in [7, 11) is 6.40. The number of benzene rings is 1. The second kappa shape index (κ2) is 6.91. The van der Waals surface area contributed by atoms with E-state index in [2.05, 4.69) is 88.3 Å². The van der Waals surface area contributed by atoms with Crippen molar-refractivity contribution >= 4 is 45.2 Å². The highest BCUT2D eigenvalue weighted by Gasteiger charge is 2.23. The van der Waals surface area contributed by atoms with Gasteiger partial charge in [-0.15, -0.1) is 0 Å². The van der Waals surface area contributed by atoms with Crippen LogP contribution >= 0.6 is 45.2 Å². The van der Waals surface area contributed by atoms with Gasteiger partial charge in [0, 0.05) is 28.8 Å². The van der Waals surface area contributed by atoms with Crippen LogP contribution in [0.15, 0.2) is 12.1 Å². The summed E-state index contributed by atoms with van der Waals surface area (Å²) >= 11 is 4.76. The number of hydrogen-bond acceptors (Lipinski definition) is 3. The summed E-state index contributed by atoms with van der Waals surface area (Å²) in [5, 5.41) is 0. The Bertz CT molecular complexity index is 451. The third-order valence-corrected chi connectivity index (χ3v) is 4.65. The first-order chi connectivity index (χ1) is 8.95. The first kappa shape index (κ1) is 15.8. The topological polar surface area (TPSA) is 15.7 Å². The van der Waals surface area contributed by atoms with Crippen LogP contribution in [0, 0.1) is 7.14 Å². The second-order valence-electron chi connectivity index (χ2n) is 5.40. The van der Waals surface area contributed by atoms with Crippen molar-refractivity contribution in [3.05, 3.63) is 24.8 Å². The summed E-state index contributed by atoms with van der Waals surface area (Å²) in [5.74, 6) is 1.09. The molecular weight excluding hydrogens is 466 g/mol. The van der Waals surface area contributed by atoms with Crippen LogP contribution in [0.4, 0.5) is 0 Å². The monoisotopic (exact) mass is 486 g/mol. The van der Waals surface area contributed by atoms with Crippen LogP contribution in [-0.4, -0.2) is 50.1 Å². The highest BCUT2D eigenvalue weighted by atomic mass is 127. The number of hydrogen-bond donors (Lipinski definition) is 0. The first-order valence-corrected chi connectivity index (χ1v) is 8.59. The van der Waals surface area contributed by atoms with Crippen LogP contribution in [0.25, 0.3) is 0 Å². The Morgan fingerprint density at radius 2 is 2.11 bits per heavy atom. The lowest BCUT2D eigenvalue weighted by Crippen LogP contribution is -2.32. The van der Waals surface area contributed by atoms with E-state index >= 15 is 0 Å². The van der Waals surface area contributed by atoms with Crippen LogP contribution in [0.2, 0.25) is 0 Å². The Labute approximate surface area is 143 Å². The molecule has 0 aliphatic carbocycles. The molecule has 1 aliphatic rings. The summed E-state index contributed by atoms with van der Waals surface area (Å²) in [6.45, 7) is 3.03. The molecule has 0 N–H and O–H groups in total. The molecule has 1 heterocycles. The maximum absolute atomic E-state index is 6.28. The lowest BCUT2D eigenvalue weighted by molar-refractivity contribution is 0.143. The molecule has 0 spiro atoms. The predicted octanol–water partition coefficient (Wildman–Crippen LogP) is 3.04. The van der Waals surface area contributed by atoms with Gasteiger partial charge in [-0.3, -0.25) is 4.90 Å². The summed E-state index contributed by atoms with van der Waals surface area (Å²) in [6.07, 6.45) is 1.35. The number of nitrogens with zero attached hydrogens (tertiary/aromatic N) is 2. The Morgan fingerprint density at radius 1 is 1.37 bits per heavy atom. The van der Waals surface area contributed by atoms with Crippen LogP contribution in [0.5, 0.6) is 5.75 Å². The van der Waals surface area contributed by atoms with Crippen molar-refractivity contribution in [1.82, 2.24) is 9.80 Å². The summed E-state index contributed by atoms with van der Waals surface area (Å²) in [6, 6.07) is 4.43. The van der Waals surface area contributed by atoms with Gasteiger partial charge in [-0.25, -0.2) is 0 Å². The molecule has 1 aliphatic heterocycles. The van der Waals surface area contributed by atoms with Gasteiger partial charge >= 0.3 is 0 Å². The molecule has 1 aromatic carbocycles. The van der Waals surface area contributed by atoms with Crippen molar-refractivity contribution in [2.24, 2.45) is 0 Å². The molecule has 0 bridgehead atoms. The standard InChI is InChI=1S/C14H20I2N2O/c1-17(2)5-4-12-9-18(3)8-10-6-11(15)7-13(16)14(10)19-12/h6-7,12H,4-5,8-9H2,1-3H3. The number of ether oxygens (including phenoxy) is 1. The number of rotatable bonds is 3. The van der Waals surface area contributed by atoms with E-state index in [0.29, 0.717) is 0 Å². The molecule has 1 aromatic rings. The number of halogens is 2. The SMILES string of the molecule is CN(C)CCC1CN(C)Cc2cc(I)cc(I)c2O1. The van der Waals surface area contributed by atoms with Crippen molar-refractivity contribution in [1.29, 1.82) is 0 Å². The van der Waals surface area contributed by atoms with Gasteiger partial charge in [0.1, 0.15) is 11.9 Å². The quantitative estimate of drug-likeness (QED) is 0.612. The Balaban J connectivity index is 2.20. The zero-order valence-corrected chi connectivity index (χ0v) is 15.9. The normalized spacial score (nSPS) is 20.0. The number of likely N-dealkylation sites (N-methyl/N-ethyl adjacent to an activating group) is 1. The molecule has 106 valence electrons. The minimum absolute atomic E-state index is 0.280. The molecule has 19 heavy (non-hydrogen) atoms. The largest absolute Gasteiger partial charge is 0.488 e. The van der Waals surface area contributed by atoms with E-state index in [1.807, 2.05) is 0 Å². The van der Waals surface area contributed by atoms with Crippen molar-refractivity contribution in [2.45, 2.75) is 19.1 Å². The lowest BCUT2D eigenvalue weighted by atomic mass is 10.2. The van der Waals surface area contributed by atoms with Crippen LogP contribution in [0.3, 0.4) is 0 Å². The molecule has 0 amide bonds.